The third kappa shape index (κ3) is 4.29. The van der Waals surface area contributed by atoms with Gasteiger partial charge in [0.2, 0.25) is 0 Å². The van der Waals surface area contributed by atoms with Crippen LogP contribution >= 0.6 is 15.9 Å². The Kier molecular flexibility index (Phi) is 4.88. The van der Waals surface area contributed by atoms with Gasteiger partial charge in [-0.25, -0.2) is 9.97 Å². The second kappa shape index (κ2) is 7.24. The highest BCUT2D eigenvalue weighted by Gasteiger charge is 2.04. The van der Waals surface area contributed by atoms with Crippen molar-refractivity contribution < 1.29 is 0 Å². The van der Waals surface area contributed by atoms with E-state index in [2.05, 4.69) is 48.7 Å². The van der Waals surface area contributed by atoms with Crippen molar-refractivity contribution in [3.05, 3.63) is 76.5 Å². The summed E-state index contributed by atoms with van der Waals surface area (Å²) in [4.78, 5) is 8.88. The van der Waals surface area contributed by atoms with Crippen LogP contribution in [0.2, 0.25) is 0 Å². The molecule has 3 rings (SSSR count). The van der Waals surface area contributed by atoms with Gasteiger partial charge in [0.25, 0.3) is 0 Å². The molecule has 0 aliphatic rings. The van der Waals surface area contributed by atoms with E-state index in [1.165, 1.54) is 5.56 Å². The van der Waals surface area contributed by atoms with E-state index in [4.69, 9.17) is 0 Å². The Bertz CT molecular complexity index is 790. The normalized spacial score (nSPS) is 10.3. The number of hydrogen-bond acceptors (Lipinski definition) is 4. The van der Waals surface area contributed by atoms with E-state index in [9.17, 15) is 0 Å². The minimum Gasteiger partial charge on any atom is -0.366 e. The lowest BCUT2D eigenvalue weighted by Crippen LogP contribution is -2.05. The number of hydrogen-bond donors (Lipinski definition) is 2. The molecule has 0 amide bonds. The van der Waals surface area contributed by atoms with Crippen molar-refractivity contribution in [1.29, 1.82) is 0 Å². The molecule has 5 heteroatoms. The fraction of sp³-hybridized carbons (Fsp3) is 0.111. The molecular formula is C18H17BrN4. The minimum absolute atomic E-state index is 0.720. The molecule has 0 unspecified atom stereocenters. The standard InChI is InChI=1S/C18H17BrN4/c1-13-21-17(20-12-14-7-3-2-4-8-14)11-18(22-13)23-16-10-6-5-9-15(16)19/h2-11H,12H2,1H3,(H2,20,21,22,23). The van der Waals surface area contributed by atoms with E-state index < -0.39 is 0 Å². The van der Waals surface area contributed by atoms with Crippen LogP contribution in [-0.4, -0.2) is 9.97 Å². The molecule has 0 spiro atoms. The van der Waals surface area contributed by atoms with Crippen molar-refractivity contribution >= 4 is 33.3 Å². The molecule has 0 aliphatic heterocycles. The van der Waals surface area contributed by atoms with Crippen LogP contribution in [0, 0.1) is 6.92 Å². The van der Waals surface area contributed by atoms with E-state index >= 15 is 0 Å². The smallest absolute Gasteiger partial charge is 0.136 e. The van der Waals surface area contributed by atoms with Gasteiger partial charge in [-0.1, -0.05) is 42.5 Å². The maximum atomic E-state index is 4.44. The molecular weight excluding hydrogens is 352 g/mol. The van der Waals surface area contributed by atoms with Crippen molar-refractivity contribution in [2.24, 2.45) is 0 Å². The van der Waals surface area contributed by atoms with Crippen LogP contribution < -0.4 is 10.6 Å². The van der Waals surface area contributed by atoms with Crippen LogP contribution in [0.5, 0.6) is 0 Å². The number of aromatic nitrogens is 2. The van der Waals surface area contributed by atoms with Gasteiger partial charge in [-0.05, 0) is 40.5 Å². The largest absolute Gasteiger partial charge is 0.366 e. The molecule has 116 valence electrons. The van der Waals surface area contributed by atoms with Gasteiger partial charge < -0.3 is 10.6 Å². The lowest BCUT2D eigenvalue weighted by Gasteiger charge is -2.11. The quantitative estimate of drug-likeness (QED) is 0.672. The molecule has 0 bridgehead atoms. The summed E-state index contributed by atoms with van der Waals surface area (Å²) in [5, 5.41) is 6.65. The van der Waals surface area contributed by atoms with Crippen LogP contribution in [0.1, 0.15) is 11.4 Å². The average molecular weight is 369 g/mol. The Labute approximate surface area is 144 Å². The summed E-state index contributed by atoms with van der Waals surface area (Å²) >= 11 is 3.53. The Morgan fingerprint density at radius 3 is 2.39 bits per heavy atom. The molecule has 1 aromatic heterocycles. The molecule has 3 aromatic rings. The zero-order valence-corrected chi connectivity index (χ0v) is 14.3. The molecule has 0 atom stereocenters. The van der Waals surface area contributed by atoms with Crippen molar-refractivity contribution in [1.82, 2.24) is 9.97 Å². The molecule has 0 saturated carbocycles. The third-order valence-corrected chi connectivity index (χ3v) is 3.98. The summed E-state index contributed by atoms with van der Waals surface area (Å²) in [6.07, 6.45) is 0. The first-order valence-electron chi connectivity index (χ1n) is 7.36. The van der Waals surface area contributed by atoms with Crippen LogP contribution in [0.25, 0.3) is 0 Å². The highest BCUT2D eigenvalue weighted by Crippen LogP contribution is 2.25. The lowest BCUT2D eigenvalue weighted by molar-refractivity contribution is 1.03. The minimum atomic E-state index is 0.720. The van der Waals surface area contributed by atoms with E-state index in [1.807, 2.05) is 55.5 Å². The van der Waals surface area contributed by atoms with Gasteiger partial charge in [-0.15, -0.1) is 0 Å². The SMILES string of the molecule is Cc1nc(NCc2ccccc2)cc(Nc2ccccc2Br)n1. The maximum absolute atomic E-state index is 4.44. The molecule has 2 N–H and O–H groups in total. The molecule has 2 aromatic carbocycles. The van der Waals surface area contributed by atoms with E-state index in [1.54, 1.807) is 0 Å². The fourth-order valence-electron chi connectivity index (χ4n) is 2.21. The Balaban J connectivity index is 1.75. The predicted molar refractivity (Wildman–Crippen MR) is 98.0 cm³/mol. The molecule has 1 heterocycles. The number of aryl methyl sites for hydroxylation is 1. The molecule has 0 saturated heterocycles. The second-order valence-corrected chi connectivity index (χ2v) is 5.98. The van der Waals surface area contributed by atoms with Gasteiger partial charge in [0.05, 0.1) is 5.69 Å². The van der Waals surface area contributed by atoms with Gasteiger partial charge in [0, 0.05) is 17.1 Å². The van der Waals surface area contributed by atoms with Crippen LogP contribution in [0.4, 0.5) is 17.3 Å². The number of halogens is 1. The Hall–Kier alpha value is -2.40. The first-order chi connectivity index (χ1) is 11.2. The monoisotopic (exact) mass is 368 g/mol. The van der Waals surface area contributed by atoms with Crippen molar-refractivity contribution in [3.8, 4) is 0 Å². The van der Waals surface area contributed by atoms with E-state index in [0.717, 1.165) is 34.2 Å². The zero-order valence-electron chi connectivity index (χ0n) is 12.8. The van der Waals surface area contributed by atoms with Crippen LogP contribution in [0.3, 0.4) is 0 Å². The topological polar surface area (TPSA) is 49.8 Å². The van der Waals surface area contributed by atoms with Gasteiger partial charge in [-0.2, -0.15) is 0 Å². The van der Waals surface area contributed by atoms with Crippen molar-refractivity contribution in [2.45, 2.75) is 13.5 Å². The Morgan fingerprint density at radius 1 is 0.913 bits per heavy atom. The molecule has 0 fully saturated rings. The second-order valence-electron chi connectivity index (χ2n) is 5.13. The summed E-state index contributed by atoms with van der Waals surface area (Å²) in [7, 11) is 0. The first-order valence-corrected chi connectivity index (χ1v) is 8.15. The number of para-hydroxylation sites is 1. The van der Waals surface area contributed by atoms with Gasteiger partial charge in [0.1, 0.15) is 17.5 Å². The highest BCUT2D eigenvalue weighted by atomic mass is 79.9. The third-order valence-electron chi connectivity index (χ3n) is 3.29. The number of rotatable bonds is 5. The van der Waals surface area contributed by atoms with Gasteiger partial charge in [0.15, 0.2) is 0 Å². The molecule has 0 radical (unpaired) electrons. The molecule has 0 aliphatic carbocycles. The van der Waals surface area contributed by atoms with Crippen LogP contribution in [-0.2, 0) is 6.54 Å². The number of nitrogens with zero attached hydrogens (tertiary/aromatic N) is 2. The zero-order chi connectivity index (χ0) is 16.1. The molecule has 23 heavy (non-hydrogen) atoms. The number of benzene rings is 2. The summed E-state index contributed by atoms with van der Waals surface area (Å²) in [5.41, 5.74) is 2.18. The fourth-order valence-corrected chi connectivity index (χ4v) is 2.60. The number of anilines is 3. The highest BCUT2D eigenvalue weighted by molar-refractivity contribution is 9.10. The van der Waals surface area contributed by atoms with Gasteiger partial charge in [-0.3, -0.25) is 0 Å². The molecule has 4 nitrogen and oxygen atoms in total. The summed E-state index contributed by atoms with van der Waals surface area (Å²) in [6, 6.07) is 20.1. The first kappa shape index (κ1) is 15.5. The summed E-state index contributed by atoms with van der Waals surface area (Å²) < 4.78 is 0.995. The van der Waals surface area contributed by atoms with Crippen molar-refractivity contribution in [3.63, 3.8) is 0 Å². The summed E-state index contributed by atoms with van der Waals surface area (Å²) in [5.74, 6) is 2.29. The van der Waals surface area contributed by atoms with Crippen LogP contribution in [0.15, 0.2) is 65.1 Å². The number of nitrogens with one attached hydrogen (secondary N) is 2. The van der Waals surface area contributed by atoms with Gasteiger partial charge >= 0.3 is 0 Å². The maximum Gasteiger partial charge on any atom is 0.136 e. The average Bonchev–Trinajstić information content (AvgIpc) is 2.56. The predicted octanol–water partition coefficient (Wildman–Crippen LogP) is 4.90. The van der Waals surface area contributed by atoms with E-state index in [-0.39, 0.29) is 0 Å². The summed E-state index contributed by atoms with van der Waals surface area (Å²) in [6.45, 7) is 2.62. The lowest BCUT2D eigenvalue weighted by atomic mass is 10.2. The van der Waals surface area contributed by atoms with E-state index in [0.29, 0.717) is 0 Å². The van der Waals surface area contributed by atoms with Crippen molar-refractivity contribution in [2.75, 3.05) is 10.6 Å². The Morgan fingerprint density at radius 2 is 1.61 bits per heavy atom.